The molecule has 4 heteroatoms. The Balaban J connectivity index is 2.88. The predicted molar refractivity (Wildman–Crippen MR) is 57.8 cm³/mol. The van der Waals surface area contributed by atoms with Gasteiger partial charge in [-0.2, -0.15) is 0 Å². The third-order valence-corrected chi connectivity index (χ3v) is 1.85. The Morgan fingerprint density at radius 3 is 2.93 bits per heavy atom. The summed E-state index contributed by atoms with van der Waals surface area (Å²) in [5.74, 6) is 0.271. The predicted octanol–water partition coefficient (Wildman–Crippen LogP) is 1.86. The maximum Gasteiger partial charge on any atom is 0.304 e. The van der Waals surface area contributed by atoms with Gasteiger partial charge in [-0.3, -0.25) is 4.79 Å². The minimum atomic E-state index is -0.325. The molecule has 0 heterocycles. The smallest absolute Gasteiger partial charge is 0.304 e. The van der Waals surface area contributed by atoms with Crippen LogP contribution >= 0.6 is 0 Å². The largest absolute Gasteiger partial charge is 0.495 e. The highest BCUT2D eigenvalue weighted by Crippen LogP contribution is 2.24. The summed E-state index contributed by atoms with van der Waals surface area (Å²) in [5.41, 5.74) is 1.63. The highest BCUT2D eigenvalue weighted by Gasteiger charge is 2.08. The van der Waals surface area contributed by atoms with Gasteiger partial charge in [-0.05, 0) is 24.6 Å². The molecule has 1 rings (SSSR count). The second-order valence-corrected chi connectivity index (χ2v) is 3.07. The van der Waals surface area contributed by atoms with Crippen molar-refractivity contribution >= 4 is 11.6 Å². The number of ether oxygens (including phenoxy) is 1. The third kappa shape index (κ3) is 2.99. The first-order chi connectivity index (χ1) is 7.17. The molecule has 0 unspecified atom stereocenters. The molecule has 1 amide bonds. The monoisotopic (exact) mass is 204 g/mol. The van der Waals surface area contributed by atoms with Gasteiger partial charge < -0.3 is 14.9 Å². The number of carbonyl (C=O) groups is 1. The van der Waals surface area contributed by atoms with Crippen LogP contribution in [0.1, 0.15) is 5.56 Å². The van der Waals surface area contributed by atoms with Crippen LogP contribution < -0.4 is 10.1 Å². The molecule has 0 saturated carbocycles. The van der Waals surface area contributed by atoms with Crippen LogP contribution in [0.15, 0.2) is 18.2 Å². The third-order valence-electron chi connectivity index (χ3n) is 1.85. The van der Waals surface area contributed by atoms with Crippen LogP contribution in [0, 0.1) is 13.5 Å². The van der Waals surface area contributed by atoms with E-state index >= 15 is 0 Å². The number of benzene rings is 1. The molecule has 0 fully saturated rings. The zero-order chi connectivity index (χ0) is 11.3. The SMILES string of the molecule is [C-]#[N+]CC(=O)Nc1cc(C)ccc1OC. The number of nitrogens with zero attached hydrogens (tertiary/aromatic N) is 1. The number of anilines is 1. The lowest BCUT2D eigenvalue weighted by Crippen LogP contribution is -2.14. The molecule has 1 aromatic carbocycles. The van der Waals surface area contributed by atoms with E-state index < -0.39 is 0 Å². The van der Waals surface area contributed by atoms with Gasteiger partial charge >= 0.3 is 5.91 Å². The van der Waals surface area contributed by atoms with Crippen LogP contribution in [0.25, 0.3) is 4.85 Å². The fraction of sp³-hybridized carbons (Fsp3) is 0.273. The minimum absolute atomic E-state index is 0.170. The zero-order valence-electron chi connectivity index (χ0n) is 8.70. The molecular weight excluding hydrogens is 192 g/mol. The molecular formula is C11H12N2O2. The van der Waals surface area contributed by atoms with Crippen molar-refractivity contribution in [2.45, 2.75) is 6.92 Å². The van der Waals surface area contributed by atoms with Gasteiger partial charge in [0, 0.05) is 0 Å². The molecule has 15 heavy (non-hydrogen) atoms. The van der Waals surface area contributed by atoms with Gasteiger partial charge in [-0.1, -0.05) is 6.07 Å². The van der Waals surface area contributed by atoms with Crippen LogP contribution in [0.4, 0.5) is 5.69 Å². The van der Waals surface area contributed by atoms with E-state index in [-0.39, 0.29) is 12.5 Å². The van der Waals surface area contributed by atoms with Crippen molar-refractivity contribution < 1.29 is 9.53 Å². The average molecular weight is 204 g/mol. The average Bonchev–Trinajstić information content (AvgIpc) is 2.18. The van der Waals surface area contributed by atoms with Crippen LogP contribution in [0.5, 0.6) is 5.75 Å². The summed E-state index contributed by atoms with van der Waals surface area (Å²) in [4.78, 5) is 14.2. The first kappa shape index (κ1) is 11.1. The molecule has 0 aliphatic rings. The summed E-state index contributed by atoms with van der Waals surface area (Å²) < 4.78 is 5.09. The number of methoxy groups -OCH3 is 1. The molecule has 0 aromatic heterocycles. The van der Waals surface area contributed by atoms with Crippen LogP contribution in [0.2, 0.25) is 0 Å². The van der Waals surface area contributed by atoms with Gasteiger partial charge in [0.2, 0.25) is 0 Å². The molecule has 78 valence electrons. The zero-order valence-corrected chi connectivity index (χ0v) is 8.70. The molecule has 0 radical (unpaired) electrons. The number of aryl methyl sites for hydroxylation is 1. The van der Waals surface area contributed by atoms with Crippen molar-refractivity contribution in [2.24, 2.45) is 0 Å². The van der Waals surface area contributed by atoms with Gasteiger partial charge in [-0.25, -0.2) is 6.57 Å². The number of hydrogen-bond donors (Lipinski definition) is 1. The highest BCUT2D eigenvalue weighted by atomic mass is 16.5. The second-order valence-electron chi connectivity index (χ2n) is 3.07. The Kier molecular flexibility index (Phi) is 3.69. The Morgan fingerprint density at radius 2 is 2.33 bits per heavy atom. The standard InChI is InChI=1S/C11H12N2O2/c1-8-4-5-10(15-3)9(6-8)13-11(14)7-12-2/h4-6H,7H2,1,3H3,(H,13,14). The van der Waals surface area contributed by atoms with E-state index in [1.54, 1.807) is 12.1 Å². The Morgan fingerprint density at radius 1 is 1.60 bits per heavy atom. The molecule has 4 nitrogen and oxygen atoms in total. The number of nitrogens with one attached hydrogen (secondary N) is 1. The molecule has 0 spiro atoms. The summed E-state index contributed by atoms with van der Waals surface area (Å²) in [7, 11) is 1.54. The summed E-state index contributed by atoms with van der Waals surface area (Å²) in [5, 5.41) is 2.63. The Labute approximate surface area is 88.7 Å². The Bertz CT molecular complexity index is 408. The summed E-state index contributed by atoms with van der Waals surface area (Å²) in [6.07, 6.45) is 0. The van der Waals surface area contributed by atoms with Crippen LogP contribution in [-0.2, 0) is 4.79 Å². The first-order valence-electron chi connectivity index (χ1n) is 4.45. The summed E-state index contributed by atoms with van der Waals surface area (Å²) >= 11 is 0. The van der Waals surface area contributed by atoms with E-state index in [4.69, 9.17) is 11.3 Å². The van der Waals surface area contributed by atoms with Crippen LogP contribution in [-0.4, -0.2) is 19.6 Å². The van der Waals surface area contributed by atoms with Gasteiger partial charge in [-0.15, -0.1) is 0 Å². The fourth-order valence-electron chi connectivity index (χ4n) is 1.18. The van der Waals surface area contributed by atoms with E-state index in [1.807, 2.05) is 13.0 Å². The number of hydrogen-bond acceptors (Lipinski definition) is 2. The van der Waals surface area contributed by atoms with Crippen molar-refractivity contribution in [2.75, 3.05) is 19.0 Å². The van der Waals surface area contributed by atoms with Gasteiger partial charge in [0.1, 0.15) is 5.75 Å². The fourth-order valence-corrected chi connectivity index (χ4v) is 1.18. The van der Waals surface area contributed by atoms with Crippen molar-refractivity contribution in [1.29, 1.82) is 0 Å². The van der Waals surface area contributed by atoms with E-state index in [0.29, 0.717) is 11.4 Å². The number of rotatable bonds is 3. The summed E-state index contributed by atoms with van der Waals surface area (Å²) in [6, 6.07) is 5.48. The van der Waals surface area contributed by atoms with Crippen molar-refractivity contribution in [3.63, 3.8) is 0 Å². The molecule has 0 bridgehead atoms. The normalized spacial score (nSPS) is 9.13. The van der Waals surface area contributed by atoms with Crippen LogP contribution in [0.3, 0.4) is 0 Å². The maximum atomic E-state index is 11.2. The van der Waals surface area contributed by atoms with Crippen molar-refractivity contribution in [1.82, 2.24) is 0 Å². The molecule has 0 aliphatic heterocycles. The highest BCUT2D eigenvalue weighted by molar-refractivity contribution is 5.94. The van der Waals surface area contributed by atoms with E-state index in [0.717, 1.165) is 5.56 Å². The van der Waals surface area contributed by atoms with Gasteiger partial charge in [0.15, 0.2) is 0 Å². The minimum Gasteiger partial charge on any atom is -0.495 e. The summed E-state index contributed by atoms with van der Waals surface area (Å²) in [6.45, 7) is 8.32. The van der Waals surface area contributed by atoms with Crippen molar-refractivity contribution in [3.05, 3.63) is 35.2 Å². The molecule has 1 N–H and O–H groups in total. The van der Waals surface area contributed by atoms with Crippen molar-refractivity contribution in [3.8, 4) is 5.75 Å². The second kappa shape index (κ2) is 5.01. The number of amides is 1. The van der Waals surface area contributed by atoms with E-state index in [2.05, 4.69) is 10.2 Å². The van der Waals surface area contributed by atoms with E-state index in [9.17, 15) is 4.79 Å². The van der Waals surface area contributed by atoms with Gasteiger partial charge in [0.05, 0.1) is 12.8 Å². The molecule has 0 aliphatic carbocycles. The molecule has 1 aromatic rings. The lowest BCUT2D eigenvalue weighted by molar-refractivity contribution is -0.114. The Hall–Kier alpha value is -2.02. The van der Waals surface area contributed by atoms with E-state index in [1.165, 1.54) is 7.11 Å². The number of carbonyl (C=O) groups excluding carboxylic acids is 1. The maximum absolute atomic E-state index is 11.2. The lowest BCUT2D eigenvalue weighted by Gasteiger charge is -2.08. The quantitative estimate of drug-likeness (QED) is 0.763. The molecule has 0 saturated heterocycles. The van der Waals surface area contributed by atoms with Gasteiger partial charge in [0.25, 0.3) is 6.54 Å². The topological polar surface area (TPSA) is 42.7 Å². The first-order valence-corrected chi connectivity index (χ1v) is 4.45. The lowest BCUT2D eigenvalue weighted by atomic mass is 10.2. The molecule has 0 atom stereocenters.